The Balaban J connectivity index is 1.53. The van der Waals surface area contributed by atoms with Gasteiger partial charge in [0.25, 0.3) is 0 Å². The Morgan fingerprint density at radius 1 is 0.625 bits per heavy atom. The molecule has 0 radical (unpaired) electrons. The van der Waals surface area contributed by atoms with Crippen molar-refractivity contribution in [3.8, 4) is 5.69 Å². The van der Waals surface area contributed by atoms with Gasteiger partial charge in [-0.05, 0) is 80.6 Å². The number of para-hydroxylation sites is 1. The molecule has 0 unspecified atom stereocenters. The van der Waals surface area contributed by atoms with Gasteiger partial charge in [0.1, 0.15) is 5.71 Å². The second-order valence-electron chi connectivity index (χ2n) is 12.4. The molecule has 6 aromatic carbocycles. The summed E-state index contributed by atoms with van der Waals surface area (Å²) in [6.45, 7) is 7.40. The molecule has 0 N–H and O–H groups in total. The highest BCUT2D eigenvalue weighted by atomic mass is 16.1. The van der Waals surface area contributed by atoms with Crippen molar-refractivity contribution in [1.29, 1.82) is 0 Å². The third kappa shape index (κ3) is 5.33. The van der Waals surface area contributed by atoms with Gasteiger partial charge >= 0.3 is 0 Å². The molecule has 0 atom stereocenters. The number of benzene rings is 6. The molecule has 0 saturated carbocycles. The Labute approximate surface area is 279 Å². The Bertz CT molecular complexity index is 2430. The van der Waals surface area contributed by atoms with Gasteiger partial charge in [0.05, 0.1) is 17.6 Å². The summed E-state index contributed by atoms with van der Waals surface area (Å²) >= 11 is 0. The minimum Gasteiger partial charge on any atom is -0.309 e. The monoisotopic (exact) mass is 626 g/mol. The van der Waals surface area contributed by atoms with Crippen molar-refractivity contribution in [3.63, 3.8) is 0 Å². The van der Waals surface area contributed by atoms with Crippen molar-refractivity contribution in [2.45, 2.75) is 27.7 Å². The van der Waals surface area contributed by atoms with Crippen LogP contribution in [0.3, 0.4) is 0 Å². The van der Waals surface area contributed by atoms with Crippen LogP contribution in [0.25, 0.3) is 38.3 Å². The number of rotatable bonds is 8. The number of hydrogen-bond donors (Lipinski definition) is 0. The second-order valence-corrected chi connectivity index (χ2v) is 12.4. The van der Waals surface area contributed by atoms with E-state index >= 15 is 0 Å². The number of aryl methyl sites for hydroxylation is 3. The molecule has 48 heavy (non-hydrogen) atoms. The number of carbonyl (C=O) groups is 3. The third-order valence-corrected chi connectivity index (χ3v) is 8.91. The van der Waals surface area contributed by atoms with Crippen molar-refractivity contribution in [1.82, 2.24) is 4.57 Å². The average molecular weight is 627 g/mol. The van der Waals surface area contributed by atoms with Gasteiger partial charge in [-0.2, -0.15) is 0 Å². The summed E-state index contributed by atoms with van der Waals surface area (Å²) in [5.41, 5.74) is 8.51. The molecular weight excluding hydrogens is 592 g/mol. The molecule has 7 aromatic rings. The Hall–Kier alpha value is -5.94. The molecule has 5 heteroatoms. The molecule has 0 fully saturated rings. The fourth-order valence-corrected chi connectivity index (χ4v) is 6.94. The van der Waals surface area contributed by atoms with Gasteiger partial charge in [0.15, 0.2) is 11.6 Å². The zero-order chi connectivity index (χ0) is 33.5. The van der Waals surface area contributed by atoms with E-state index in [2.05, 4.69) is 39.9 Å². The smallest absolute Gasteiger partial charge is 0.211 e. The third-order valence-electron chi connectivity index (χ3n) is 8.91. The molecule has 0 aliphatic carbocycles. The van der Waals surface area contributed by atoms with Gasteiger partial charge in [-0.25, -0.2) is 0 Å². The molecule has 0 aliphatic rings. The lowest BCUT2D eigenvalue weighted by molar-refractivity contribution is -0.115. The summed E-state index contributed by atoms with van der Waals surface area (Å²) in [5, 5.41) is 3.53. The minimum atomic E-state index is -0.270. The van der Waals surface area contributed by atoms with E-state index in [-0.39, 0.29) is 29.6 Å². The molecule has 234 valence electrons. The van der Waals surface area contributed by atoms with Crippen molar-refractivity contribution in [2.24, 2.45) is 4.99 Å². The molecule has 1 heterocycles. The molecule has 1 aromatic heterocycles. The minimum absolute atomic E-state index is 0.0290. The van der Waals surface area contributed by atoms with Crippen molar-refractivity contribution >= 4 is 55.6 Å². The van der Waals surface area contributed by atoms with Gasteiger partial charge in [-0.3, -0.25) is 19.4 Å². The topological polar surface area (TPSA) is 68.5 Å². The highest BCUT2D eigenvalue weighted by Gasteiger charge is 2.24. The van der Waals surface area contributed by atoms with Gasteiger partial charge in [0, 0.05) is 44.1 Å². The van der Waals surface area contributed by atoms with Crippen LogP contribution in [0, 0.1) is 20.8 Å². The summed E-state index contributed by atoms with van der Waals surface area (Å²) in [7, 11) is 0. The first kappa shape index (κ1) is 30.7. The highest BCUT2D eigenvalue weighted by molar-refractivity contribution is 6.51. The first-order chi connectivity index (χ1) is 23.2. The van der Waals surface area contributed by atoms with E-state index in [0.29, 0.717) is 22.3 Å². The Morgan fingerprint density at radius 2 is 1.25 bits per heavy atom. The van der Waals surface area contributed by atoms with E-state index in [1.165, 1.54) is 6.92 Å². The van der Waals surface area contributed by atoms with E-state index < -0.39 is 0 Å². The molecule has 5 nitrogen and oxygen atoms in total. The molecule has 0 bridgehead atoms. The number of carbonyl (C=O) groups excluding carboxylic acids is 3. The number of aliphatic imine (C=N–C) groups is 1. The quantitative estimate of drug-likeness (QED) is 0.125. The maximum atomic E-state index is 14.5. The van der Waals surface area contributed by atoms with Gasteiger partial charge < -0.3 is 4.57 Å². The van der Waals surface area contributed by atoms with Crippen LogP contribution in [0.5, 0.6) is 0 Å². The highest BCUT2D eigenvalue weighted by Crippen LogP contribution is 2.39. The van der Waals surface area contributed by atoms with Crippen LogP contribution in [0.15, 0.2) is 126 Å². The van der Waals surface area contributed by atoms with Crippen LogP contribution in [0.1, 0.15) is 55.5 Å². The zero-order valence-electron chi connectivity index (χ0n) is 27.4. The number of nitrogens with zero attached hydrogens (tertiary/aromatic N) is 2. The fraction of sp³-hybridized carbons (Fsp3) is 0.116. The first-order valence-corrected chi connectivity index (χ1v) is 16.0. The Morgan fingerprint density at radius 3 is 1.92 bits per heavy atom. The van der Waals surface area contributed by atoms with Crippen LogP contribution in [0.4, 0.5) is 0 Å². The molecule has 0 aliphatic heterocycles. The Kier molecular flexibility index (Phi) is 7.90. The average Bonchev–Trinajstić information content (AvgIpc) is 3.42. The summed E-state index contributed by atoms with van der Waals surface area (Å²) < 4.78 is 2.21. The van der Waals surface area contributed by atoms with E-state index in [1.54, 1.807) is 0 Å². The lowest BCUT2D eigenvalue weighted by atomic mass is 9.89. The lowest BCUT2D eigenvalue weighted by Gasteiger charge is -2.14. The molecular formula is C43H34N2O3. The van der Waals surface area contributed by atoms with E-state index in [4.69, 9.17) is 0 Å². The van der Waals surface area contributed by atoms with Crippen molar-refractivity contribution in [2.75, 3.05) is 6.54 Å². The van der Waals surface area contributed by atoms with Crippen LogP contribution >= 0.6 is 0 Å². The number of Topliss-reactive ketones (excluding diaryl/α,β-unsaturated/α-hetero) is 2. The predicted molar refractivity (Wildman–Crippen MR) is 195 cm³/mol. The largest absolute Gasteiger partial charge is 0.309 e. The van der Waals surface area contributed by atoms with E-state index in [1.807, 2.05) is 112 Å². The van der Waals surface area contributed by atoms with Crippen LogP contribution < -0.4 is 0 Å². The summed E-state index contributed by atoms with van der Waals surface area (Å²) in [5.74, 6) is -0.424. The lowest BCUT2D eigenvalue weighted by Crippen LogP contribution is -2.17. The number of hydrogen-bond acceptors (Lipinski definition) is 4. The van der Waals surface area contributed by atoms with Crippen LogP contribution in [-0.2, 0) is 4.79 Å². The van der Waals surface area contributed by atoms with Gasteiger partial charge in [-0.15, -0.1) is 0 Å². The van der Waals surface area contributed by atoms with Crippen molar-refractivity contribution < 1.29 is 14.4 Å². The predicted octanol–water partition coefficient (Wildman–Crippen LogP) is 9.35. The standard InChI is InChI=1S/C43H34N2O3/c1-26-21-27(2)39(28(3)22-26)43(48)37-24-36-35-23-31(42(47)40(44-25-29(4)46)30-13-7-5-8-14-30)19-20-38(35)45(32-15-9-6-10-16-32)41(36)34-18-12-11-17-33(34)37/h5-24H,25H2,1-4H3. The normalized spacial score (nSPS) is 11.8. The number of ketones is 3. The zero-order valence-corrected chi connectivity index (χ0v) is 27.4. The van der Waals surface area contributed by atoms with Gasteiger partial charge in [0.2, 0.25) is 5.78 Å². The van der Waals surface area contributed by atoms with E-state index in [9.17, 15) is 14.4 Å². The van der Waals surface area contributed by atoms with Crippen LogP contribution in [0.2, 0.25) is 0 Å². The summed E-state index contributed by atoms with van der Waals surface area (Å²) in [6, 6.07) is 39.2. The second kappa shape index (κ2) is 12.3. The van der Waals surface area contributed by atoms with E-state index in [0.717, 1.165) is 55.0 Å². The maximum absolute atomic E-state index is 14.5. The maximum Gasteiger partial charge on any atom is 0.211 e. The SMILES string of the molecule is CC(=O)CN=C(C(=O)c1ccc2c(c1)c1cc(C(=O)c3c(C)cc(C)cc3C)c3ccccc3c1n2-c1ccccc1)c1ccccc1. The first-order valence-electron chi connectivity index (χ1n) is 16.0. The summed E-state index contributed by atoms with van der Waals surface area (Å²) in [4.78, 5) is 45.1. The molecule has 7 rings (SSSR count). The van der Waals surface area contributed by atoms with Crippen LogP contribution in [-0.4, -0.2) is 34.2 Å². The summed E-state index contributed by atoms with van der Waals surface area (Å²) in [6.07, 6.45) is 0. The molecule has 0 spiro atoms. The number of fused-ring (bicyclic) bond motifs is 5. The fourth-order valence-electron chi connectivity index (χ4n) is 6.94. The number of aromatic nitrogens is 1. The van der Waals surface area contributed by atoms with Gasteiger partial charge in [-0.1, -0.05) is 90.5 Å². The molecule has 0 amide bonds. The van der Waals surface area contributed by atoms with Crippen molar-refractivity contribution in [3.05, 3.63) is 160 Å². The molecule has 0 saturated heterocycles.